The Kier molecular flexibility index (Phi) is 5.29. The topological polar surface area (TPSA) is 58.1 Å². The third kappa shape index (κ3) is 3.52. The summed E-state index contributed by atoms with van der Waals surface area (Å²) in [5.41, 5.74) is 0.909. The maximum atomic E-state index is 12.9. The number of para-hydroxylation sites is 1. The number of benzene rings is 1. The van der Waals surface area contributed by atoms with E-state index in [1.54, 1.807) is 0 Å². The fourth-order valence-corrected chi connectivity index (χ4v) is 5.19. The lowest BCUT2D eigenvalue weighted by atomic mass is 9.78. The second kappa shape index (κ2) is 7.82. The summed E-state index contributed by atoms with van der Waals surface area (Å²) in [6, 6.07) is 8.43. The van der Waals surface area contributed by atoms with Crippen LogP contribution >= 0.6 is 11.8 Å². The largest absolute Gasteiger partial charge is 0.372 e. The summed E-state index contributed by atoms with van der Waals surface area (Å²) < 4.78 is 0. The number of aromatic nitrogens is 2. The highest BCUT2D eigenvalue weighted by Crippen LogP contribution is 2.35. The smallest absolute Gasteiger partial charge is 0.233 e. The first-order chi connectivity index (χ1) is 12.8. The zero-order valence-corrected chi connectivity index (χ0v) is 16.1. The number of nitrogens with zero attached hydrogens (tertiary/aromatic N) is 3. The molecule has 0 spiro atoms. The van der Waals surface area contributed by atoms with Gasteiger partial charge in [0.05, 0.1) is 11.3 Å². The summed E-state index contributed by atoms with van der Waals surface area (Å²) in [4.78, 5) is 24.2. The average molecular weight is 371 g/mol. The lowest BCUT2D eigenvalue weighted by Gasteiger charge is -2.44. The number of hydrogen-bond donors (Lipinski definition) is 1. The van der Waals surface area contributed by atoms with E-state index in [0.717, 1.165) is 35.6 Å². The Balaban J connectivity index is 1.46. The summed E-state index contributed by atoms with van der Waals surface area (Å²) in [5, 5.41) is 4.81. The number of fused-ring (bicyclic) bond motifs is 2. The first-order valence-corrected chi connectivity index (χ1v) is 10.6. The van der Waals surface area contributed by atoms with Crippen LogP contribution in [0.15, 0.2) is 29.4 Å². The molecular weight excluding hydrogens is 344 g/mol. The molecular formula is C20H26N4OS. The maximum Gasteiger partial charge on any atom is 0.233 e. The molecule has 1 aliphatic carbocycles. The van der Waals surface area contributed by atoms with Gasteiger partial charge in [-0.2, -0.15) is 0 Å². The van der Waals surface area contributed by atoms with Crippen LogP contribution in [0, 0.1) is 5.92 Å². The second-order valence-electron chi connectivity index (χ2n) is 7.25. The van der Waals surface area contributed by atoms with E-state index in [9.17, 15) is 4.79 Å². The Morgan fingerprint density at radius 3 is 2.88 bits per heavy atom. The number of carbonyl (C=O) groups is 1. The molecule has 1 aromatic heterocycles. The number of amides is 1. The first kappa shape index (κ1) is 17.6. The van der Waals surface area contributed by atoms with Crippen molar-refractivity contribution in [2.24, 2.45) is 5.92 Å². The third-order valence-corrected chi connectivity index (χ3v) is 6.54. The number of anilines is 1. The fraction of sp³-hybridized carbons (Fsp3) is 0.550. The molecule has 26 heavy (non-hydrogen) atoms. The van der Waals surface area contributed by atoms with E-state index < -0.39 is 0 Å². The van der Waals surface area contributed by atoms with Crippen LogP contribution < -0.4 is 5.32 Å². The highest BCUT2D eigenvalue weighted by molar-refractivity contribution is 7.99. The highest BCUT2D eigenvalue weighted by Gasteiger charge is 2.35. The van der Waals surface area contributed by atoms with Crippen molar-refractivity contribution in [3.63, 3.8) is 0 Å². The first-order valence-electron chi connectivity index (χ1n) is 9.63. The van der Waals surface area contributed by atoms with Crippen molar-refractivity contribution >= 4 is 34.4 Å². The maximum absolute atomic E-state index is 12.9. The Morgan fingerprint density at radius 1 is 1.19 bits per heavy atom. The second-order valence-corrected chi connectivity index (χ2v) is 8.19. The van der Waals surface area contributed by atoms with Gasteiger partial charge in [0.1, 0.15) is 5.82 Å². The molecule has 1 saturated carbocycles. The molecule has 2 aromatic rings. The van der Waals surface area contributed by atoms with E-state index in [0.29, 0.717) is 17.0 Å². The zero-order chi connectivity index (χ0) is 17.9. The van der Waals surface area contributed by atoms with E-state index in [-0.39, 0.29) is 5.91 Å². The van der Waals surface area contributed by atoms with Gasteiger partial charge in [-0.15, -0.1) is 0 Å². The van der Waals surface area contributed by atoms with Crippen LogP contribution in [0.2, 0.25) is 0 Å². The van der Waals surface area contributed by atoms with Gasteiger partial charge in [-0.3, -0.25) is 4.79 Å². The van der Waals surface area contributed by atoms with E-state index in [2.05, 4.69) is 20.2 Å². The summed E-state index contributed by atoms with van der Waals surface area (Å²) in [6.07, 6.45) is 7.50. The molecule has 4 rings (SSSR count). The molecule has 1 aliphatic heterocycles. The van der Waals surface area contributed by atoms with Crippen molar-refractivity contribution in [3.8, 4) is 0 Å². The van der Waals surface area contributed by atoms with Crippen LogP contribution in [0.25, 0.3) is 10.9 Å². The lowest BCUT2D eigenvalue weighted by molar-refractivity contribution is -0.134. The van der Waals surface area contributed by atoms with E-state index in [1.807, 2.05) is 31.3 Å². The molecule has 0 radical (unpaired) electrons. The van der Waals surface area contributed by atoms with Gasteiger partial charge in [-0.05, 0) is 43.7 Å². The molecule has 0 unspecified atom stereocenters. The average Bonchev–Trinajstić information content (AvgIpc) is 2.70. The van der Waals surface area contributed by atoms with Crippen LogP contribution in [0.1, 0.15) is 38.5 Å². The molecule has 2 aliphatic rings. The normalized spacial score (nSPS) is 22.9. The van der Waals surface area contributed by atoms with Gasteiger partial charge in [-0.1, -0.05) is 36.7 Å². The monoisotopic (exact) mass is 370 g/mol. The predicted molar refractivity (Wildman–Crippen MR) is 107 cm³/mol. The van der Waals surface area contributed by atoms with Crippen molar-refractivity contribution in [1.29, 1.82) is 0 Å². The molecule has 6 heteroatoms. The van der Waals surface area contributed by atoms with Crippen molar-refractivity contribution in [1.82, 2.24) is 14.9 Å². The molecule has 0 bridgehead atoms. The Bertz CT molecular complexity index is 794. The quantitative estimate of drug-likeness (QED) is 0.652. The van der Waals surface area contributed by atoms with E-state index in [1.165, 1.54) is 43.9 Å². The molecule has 1 saturated heterocycles. The molecule has 5 nitrogen and oxygen atoms in total. The van der Waals surface area contributed by atoms with Gasteiger partial charge in [0.2, 0.25) is 5.91 Å². The van der Waals surface area contributed by atoms with Gasteiger partial charge >= 0.3 is 0 Å². The number of thioether (sulfide) groups is 1. The van der Waals surface area contributed by atoms with Crippen LogP contribution in [-0.2, 0) is 4.79 Å². The number of piperidine rings is 1. The Labute approximate surface area is 159 Å². The molecule has 1 amide bonds. The predicted octanol–water partition coefficient (Wildman–Crippen LogP) is 3.94. The summed E-state index contributed by atoms with van der Waals surface area (Å²) in [5.74, 6) is 2.20. The van der Waals surface area contributed by atoms with Crippen LogP contribution in [0.5, 0.6) is 0 Å². The summed E-state index contributed by atoms with van der Waals surface area (Å²) in [7, 11) is 1.87. The standard InChI is InChI=1S/C20H26N4OS/c1-21-19-15-9-3-4-10-16(15)22-20(23-19)26-13-18(25)24-12-6-8-14-7-2-5-11-17(14)24/h3-4,9-10,14,17H,2,5-8,11-13H2,1H3,(H,21,22,23)/t14-,17+/m1/s1. The lowest BCUT2D eigenvalue weighted by Crippen LogP contribution is -2.50. The van der Waals surface area contributed by atoms with Gasteiger partial charge < -0.3 is 10.2 Å². The number of hydrogen-bond acceptors (Lipinski definition) is 5. The fourth-order valence-electron chi connectivity index (χ4n) is 4.45. The summed E-state index contributed by atoms with van der Waals surface area (Å²) in [6.45, 7) is 0.918. The number of likely N-dealkylation sites (tertiary alicyclic amines) is 1. The zero-order valence-electron chi connectivity index (χ0n) is 15.3. The molecule has 1 aromatic carbocycles. The van der Waals surface area contributed by atoms with Crippen molar-refractivity contribution in [2.75, 3.05) is 24.7 Å². The third-order valence-electron chi connectivity index (χ3n) is 5.71. The minimum atomic E-state index is 0.245. The Hall–Kier alpha value is -1.82. The Morgan fingerprint density at radius 2 is 2.00 bits per heavy atom. The number of carbonyl (C=O) groups excluding carboxylic acids is 1. The SMILES string of the molecule is CNc1nc(SCC(=O)N2CCC[C@H]3CCCC[C@@H]32)nc2ccccc12. The molecule has 2 fully saturated rings. The summed E-state index contributed by atoms with van der Waals surface area (Å²) >= 11 is 1.45. The number of rotatable bonds is 4. The number of nitrogens with one attached hydrogen (secondary N) is 1. The van der Waals surface area contributed by atoms with Crippen LogP contribution in [0.4, 0.5) is 5.82 Å². The van der Waals surface area contributed by atoms with Gasteiger partial charge in [-0.25, -0.2) is 9.97 Å². The van der Waals surface area contributed by atoms with Crippen molar-refractivity contribution < 1.29 is 4.79 Å². The molecule has 138 valence electrons. The highest BCUT2D eigenvalue weighted by atomic mass is 32.2. The molecule has 2 atom stereocenters. The minimum absolute atomic E-state index is 0.245. The van der Waals surface area contributed by atoms with Gasteiger partial charge in [0.15, 0.2) is 5.16 Å². The van der Waals surface area contributed by atoms with Gasteiger partial charge in [0.25, 0.3) is 0 Å². The van der Waals surface area contributed by atoms with Crippen LogP contribution in [0.3, 0.4) is 0 Å². The van der Waals surface area contributed by atoms with E-state index in [4.69, 9.17) is 0 Å². The molecule has 1 N–H and O–H groups in total. The van der Waals surface area contributed by atoms with Gasteiger partial charge in [0, 0.05) is 25.0 Å². The van der Waals surface area contributed by atoms with Crippen LogP contribution in [-0.4, -0.2) is 46.2 Å². The van der Waals surface area contributed by atoms with Crippen molar-refractivity contribution in [3.05, 3.63) is 24.3 Å². The molecule has 2 heterocycles. The van der Waals surface area contributed by atoms with E-state index >= 15 is 0 Å². The minimum Gasteiger partial charge on any atom is -0.372 e. The van der Waals surface area contributed by atoms with Crippen molar-refractivity contribution in [2.45, 2.75) is 49.7 Å².